The molecule has 0 amide bonds. The smallest absolute Gasteiger partial charge is 0.408 e. The number of aromatic nitrogens is 2. The molecule has 1 aromatic heterocycles. The lowest BCUT2D eigenvalue weighted by atomic mass is 10.3. The molecular formula is C9H9Br2F3N2O2. The average molecular weight is 394 g/mol. The van der Waals surface area contributed by atoms with Gasteiger partial charge in [0.25, 0.3) is 0 Å². The van der Waals surface area contributed by atoms with Crippen molar-refractivity contribution in [3.8, 4) is 0 Å². The second kappa shape index (κ2) is 6.05. The highest BCUT2D eigenvalue weighted by molar-refractivity contribution is 9.24. The first-order valence-corrected chi connectivity index (χ1v) is 6.67. The zero-order valence-electron chi connectivity index (χ0n) is 9.17. The summed E-state index contributed by atoms with van der Waals surface area (Å²) in [6.07, 6.45) is -4.46. The number of rotatable bonds is 4. The molecule has 4 nitrogen and oxygen atoms in total. The molecule has 1 heterocycles. The SMILES string of the molecule is CCOC(=O)c1cc(C(Br)Br)nn1CC(F)(F)F. The molecule has 0 fully saturated rings. The molecule has 0 saturated carbocycles. The number of carbonyl (C=O) groups excluding carboxylic acids is 1. The molecule has 0 aliphatic heterocycles. The Hall–Kier alpha value is -0.570. The first-order chi connectivity index (χ1) is 8.24. The highest BCUT2D eigenvalue weighted by Crippen LogP contribution is 2.29. The van der Waals surface area contributed by atoms with Gasteiger partial charge in [-0.2, -0.15) is 18.3 Å². The van der Waals surface area contributed by atoms with Crippen LogP contribution in [0.5, 0.6) is 0 Å². The number of ether oxygens (including phenoxy) is 1. The van der Waals surface area contributed by atoms with Crippen molar-refractivity contribution in [1.82, 2.24) is 9.78 Å². The Labute approximate surface area is 118 Å². The van der Waals surface area contributed by atoms with Crippen LogP contribution >= 0.6 is 31.9 Å². The van der Waals surface area contributed by atoms with Crippen molar-refractivity contribution in [3.05, 3.63) is 17.5 Å². The fraction of sp³-hybridized carbons (Fsp3) is 0.556. The van der Waals surface area contributed by atoms with Crippen molar-refractivity contribution in [3.63, 3.8) is 0 Å². The third-order valence-corrected chi connectivity index (χ3v) is 2.77. The van der Waals surface area contributed by atoms with Gasteiger partial charge < -0.3 is 4.74 Å². The first kappa shape index (κ1) is 15.5. The topological polar surface area (TPSA) is 44.1 Å². The number of halogens is 5. The van der Waals surface area contributed by atoms with Gasteiger partial charge in [0.15, 0.2) is 0 Å². The Morgan fingerprint density at radius 1 is 1.56 bits per heavy atom. The van der Waals surface area contributed by atoms with Gasteiger partial charge in [-0.1, -0.05) is 31.9 Å². The predicted octanol–water partition coefficient (Wildman–Crippen LogP) is 3.41. The number of nitrogens with zero attached hydrogens (tertiary/aromatic N) is 2. The molecule has 102 valence electrons. The van der Waals surface area contributed by atoms with Crippen LogP contribution in [0.15, 0.2) is 6.07 Å². The maximum absolute atomic E-state index is 12.3. The van der Waals surface area contributed by atoms with Gasteiger partial charge in [0.1, 0.15) is 16.0 Å². The summed E-state index contributed by atoms with van der Waals surface area (Å²) in [5.74, 6) is -0.832. The standard InChI is InChI=1S/C9H9Br2F3N2O2/c1-2-18-8(17)6-3-5(7(10)11)15-16(6)4-9(12,13)14/h3,7H,2,4H2,1H3. The molecule has 1 rings (SSSR count). The number of hydrogen-bond acceptors (Lipinski definition) is 3. The fourth-order valence-electron chi connectivity index (χ4n) is 1.20. The summed E-state index contributed by atoms with van der Waals surface area (Å²) >= 11 is 6.21. The molecule has 0 aromatic carbocycles. The number of alkyl halides is 5. The summed E-state index contributed by atoms with van der Waals surface area (Å²) in [5.41, 5.74) is 0.0374. The van der Waals surface area contributed by atoms with Crippen LogP contribution in [-0.4, -0.2) is 28.5 Å². The highest BCUT2D eigenvalue weighted by atomic mass is 79.9. The molecule has 9 heteroatoms. The number of carbonyl (C=O) groups is 1. The van der Waals surface area contributed by atoms with E-state index in [0.29, 0.717) is 4.68 Å². The molecule has 0 atom stereocenters. The van der Waals surface area contributed by atoms with Crippen molar-refractivity contribution < 1.29 is 22.7 Å². The van der Waals surface area contributed by atoms with E-state index in [-0.39, 0.29) is 18.0 Å². The summed E-state index contributed by atoms with van der Waals surface area (Å²) in [7, 11) is 0. The third kappa shape index (κ3) is 4.27. The van der Waals surface area contributed by atoms with Gasteiger partial charge in [0.2, 0.25) is 0 Å². The summed E-state index contributed by atoms with van der Waals surface area (Å²) in [6, 6.07) is 1.25. The minimum Gasteiger partial charge on any atom is -0.461 e. The van der Waals surface area contributed by atoms with Crippen molar-refractivity contribution in [2.75, 3.05) is 6.61 Å². The minimum absolute atomic E-state index is 0.0808. The Bertz CT molecular complexity index is 432. The van der Waals surface area contributed by atoms with Crippen LogP contribution in [0.4, 0.5) is 13.2 Å². The molecule has 0 aliphatic rings. The molecule has 0 N–H and O–H groups in total. The van der Waals surface area contributed by atoms with Crippen LogP contribution in [0.2, 0.25) is 0 Å². The van der Waals surface area contributed by atoms with Crippen molar-refractivity contribution in [2.45, 2.75) is 23.4 Å². The van der Waals surface area contributed by atoms with Crippen molar-refractivity contribution in [2.24, 2.45) is 0 Å². The zero-order chi connectivity index (χ0) is 13.9. The summed E-state index contributed by atoms with van der Waals surface area (Å²) in [5, 5.41) is 3.70. The van der Waals surface area contributed by atoms with Gasteiger partial charge in [-0.15, -0.1) is 0 Å². The van der Waals surface area contributed by atoms with Gasteiger partial charge >= 0.3 is 12.1 Å². The van der Waals surface area contributed by atoms with E-state index in [0.717, 1.165) is 0 Å². The monoisotopic (exact) mass is 392 g/mol. The van der Waals surface area contributed by atoms with E-state index in [1.165, 1.54) is 6.07 Å². The second-order valence-electron chi connectivity index (χ2n) is 3.25. The van der Waals surface area contributed by atoms with Crippen molar-refractivity contribution >= 4 is 37.8 Å². The normalized spacial score (nSPS) is 11.9. The minimum atomic E-state index is -4.46. The second-order valence-corrected chi connectivity index (χ2v) is 6.31. The Kier molecular flexibility index (Phi) is 5.20. The van der Waals surface area contributed by atoms with Gasteiger partial charge in [-0.05, 0) is 13.0 Å². The van der Waals surface area contributed by atoms with Crippen LogP contribution < -0.4 is 0 Å². The van der Waals surface area contributed by atoms with E-state index in [2.05, 4.69) is 41.7 Å². The average Bonchev–Trinajstić information content (AvgIpc) is 2.59. The lowest BCUT2D eigenvalue weighted by molar-refractivity contribution is -0.142. The van der Waals surface area contributed by atoms with E-state index in [9.17, 15) is 18.0 Å². The third-order valence-electron chi connectivity index (χ3n) is 1.84. The van der Waals surface area contributed by atoms with Crippen LogP contribution in [0.1, 0.15) is 26.8 Å². The lowest BCUT2D eigenvalue weighted by Gasteiger charge is -2.09. The Morgan fingerprint density at radius 2 is 2.17 bits per heavy atom. The number of hydrogen-bond donors (Lipinski definition) is 0. The maximum Gasteiger partial charge on any atom is 0.408 e. The molecule has 18 heavy (non-hydrogen) atoms. The highest BCUT2D eigenvalue weighted by Gasteiger charge is 2.31. The molecule has 0 radical (unpaired) electrons. The molecule has 1 aromatic rings. The van der Waals surface area contributed by atoms with Gasteiger partial charge in [-0.25, -0.2) is 9.48 Å². The molecule has 0 saturated heterocycles. The van der Waals surface area contributed by atoms with Crippen LogP contribution in [0, 0.1) is 0 Å². The quantitative estimate of drug-likeness (QED) is 0.581. The van der Waals surface area contributed by atoms with Gasteiger partial charge in [0, 0.05) is 0 Å². The molecule has 0 bridgehead atoms. The van der Waals surface area contributed by atoms with E-state index >= 15 is 0 Å². The molecule has 0 unspecified atom stereocenters. The summed E-state index contributed by atoms with van der Waals surface area (Å²) in [4.78, 5) is 11.5. The fourth-order valence-corrected chi connectivity index (χ4v) is 1.65. The van der Waals surface area contributed by atoms with E-state index < -0.39 is 22.4 Å². The molecule has 0 spiro atoms. The zero-order valence-corrected chi connectivity index (χ0v) is 12.3. The lowest BCUT2D eigenvalue weighted by Crippen LogP contribution is -2.22. The predicted molar refractivity (Wildman–Crippen MR) is 64.8 cm³/mol. The van der Waals surface area contributed by atoms with Crippen LogP contribution in [-0.2, 0) is 11.3 Å². The van der Waals surface area contributed by atoms with Crippen molar-refractivity contribution in [1.29, 1.82) is 0 Å². The number of esters is 1. The summed E-state index contributed by atoms with van der Waals surface area (Å²) < 4.78 is 41.9. The van der Waals surface area contributed by atoms with E-state index in [1.54, 1.807) is 6.92 Å². The van der Waals surface area contributed by atoms with Gasteiger partial charge in [-0.3, -0.25) is 0 Å². The van der Waals surface area contributed by atoms with E-state index in [1.807, 2.05) is 0 Å². The maximum atomic E-state index is 12.3. The largest absolute Gasteiger partial charge is 0.461 e. The van der Waals surface area contributed by atoms with Crippen LogP contribution in [0.3, 0.4) is 0 Å². The van der Waals surface area contributed by atoms with Gasteiger partial charge in [0.05, 0.1) is 12.3 Å². The Balaban J connectivity index is 3.09. The van der Waals surface area contributed by atoms with E-state index in [4.69, 9.17) is 0 Å². The summed E-state index contributed by atoms with van der Waals surface area (Å²) in [6.45, 7) is 0.312. The first-order valence-electron chi connectivity index (χ1n) is 4.84. The molecular weight excluding hydrogens is 385 g/mol. The Morgan fingerprint density at radius 3 is 2.61 bits per heavy atom. The molecule has 0 aliphatic carbocycles. The van der Waals surface area contributed by atoms with Crippen LogP contribution in [0.25, 0.3) is 0 Å².